The number of hydrogen-bond donors (Lipinski definition) is 2. The number of piperidine rings is 1. The molecule has 2 N–H and O–H groups in total. The summed E-state index contributed by atoms with van der Waals surface area (Å²) in [5, 5.41) is 13.4. The lowest BCUT2D eigenvalue weighted by molar-refractivity contribution is -0.0162. The van der Waals surface area contributed by atoms with E-state index in [4.69, 9.17) is 4.74 Å². The van der Waals surface area contributed by atoms with Crippen LogP contribution >= 0.6 is 0 Å². The predicted octanol–water partition coefficient (Wildman–Crippen LogP) is 1.24. The lowest BCUT2D eigenvalue weighted by Crippen LogP contribution is -2.47. The summed E-state index contributed by atoms with van der Waals surface area (Å²) in [6.07, 6.45) is 3.35. The number of aliphatic hydroxyl groups is 1. The maximum atomic E-state index is 10.0. The maximum absolute atomic E-state index is 10.0. The topological polar surface area (TPSA) is 44.7 Å². The van der Waals surface area contributed by atoms with Crippen LogP contribution in [0.4, 0.5) is 0 Å². The molecular weight excluding hydrogens is 228 g/mol. The van der Waals surface area contributed by atoms with Gasteiger partial charge in [-0.2, -0.15) is 0 Å². The average molecular weight is 258 g/mol. The highest BCUT2D eigenvalue weighted by Gasteiger charge is 2.22. The van der Waals surface area contributed by atoms with Crippen LogP contribution in [0.2, 0.25) is 0 Å². The van der Waals surface area contributed by atoms with Crippen molar-refractivity contribution in [2.24, 2.45) is 0 Å². The molecule has 1 rings (SSSR count). The third kappa shape index (κ3) is 6.14. The fourth-order valence-corrected chi connectivity index (χ4v) is 2.51. The van der Waals surface area contributed by atoms with Crippen LogP contribution < -0.4 is 5.32 Å². The Morgan fingerprint density at radius 2 is 2.00 bits per heavy atom. The molecule has 0 aliphatic carbocycles. The van der Waals surface area contributed by atoms with Crippen LogP contribution in [0.15, 0.2) is 0 Å². The van der Waals surface area contributed by atoms with Gasteiger partial charge in [-0.1, -0.05) is 6.92 Å². The van der Waals surface area contributed by atoms with Gasteiger partial charge in [-0.15, -0.1) is 0 Å². The number of nitrogens with one attached hydrogen (secondary N) is 1. The van der Waals surface area contributed by atoms with Crippen molar-refractivity contribution in [2.45, 2.75) is 58.3 Å². The highest BCUT2D eigenvalue weighted by molar-refractivity contribution is 4.79. The molecule has 1 aliphatic rings. The number of hydrogen-bond acceptors (Lipinski definition) is 4. The van der Waals surface area contributed by atoms with Gasteiger partial charge < -0.3 is 15.2 Å². The summed E-state index contributed by atoms with van der Waals surface area (Å²) in [5.41, 5.74) is 0. The summed E-state index contributed by atoms with van der Waals surface area (Å²) in [4.78, 5) is 2.44. The van der Waals surface area contributed by atoms with Crippen molar-refractivity contribution in [3.05, 3.63) is 0 Å². The fraction of sp³-hybridized carbons (Fsp3) is 1.00. The van der Waals surface area contributed by atoms with Gasteiger partial charge in [-0.3, -0.25) is 4.90 Å². The zero-order chi connectivity index (χ0) is 13.4. The van der Waals surface area contributed by atoms with E-state index in [-0.39, 0.29) is 12.2 Å². The van der Waals surface area contributed by atoms with Crippen molar-refractivity contribution in [1.29, 1.82) is 0 Å². The Bertz CT molecular complexity index is 206. The molecule has 0 aromatic heterocycles. The van der Waals surface area contributed by atoms with Gasteiger partial charge >= 0.3 is 0 Å². The van der Waals surface area contributed by atoms with Crippen LogP contribution in [0, 0.1) is 0 Å². The zero-order valence-corrected chi connectivity index (χ0v) is 12.2. The minimum atomic E-state index is -0.367. The number of ether oxygens (including phenoxy) is 1. The maximum Gasteiger partial charge on any atom is 0.0900 e. The summed E-state index contributed by atoms with van der Waals surface area (Å²) in [5.74, 6) is 0. The molecule has 1 fully saturated rings. The molecule has 0 saturated carbocycles. The Morgan fingerprint density at radius 3 is 2.56 bits per heavy atom. The van der Waals surface area contributed by atoms with E-state index in [0.29, 0.717) is 12.6 Å². The first-order chi connectivity index (χ1) is 8.63. The number of rotatable bonds is 8. The molecule has 0 spiro atoms. The van der Waals surface area contributed by atoms with Gasteiger partial charge in [0.05, 0.1) is 18.8 Å². The van der Waals surface area contributed by atoms with Gasteiger partial charge in [-0.05, 0) is 52.7 Å². The van der Waals surface area contributed by atoms with Crippen molar-refractivity contribution in [3.8, 4) is 0 Å². The molecule has 1 unspecified atom stereocenters. The second-order valence-corrected chi connectivity index (χ2v) is 5.51. The Morgan fingerprint density at radius 1 is 1.33 bits per heavy atom. The molecule has 1 atom stereocenters. The van der Waals surface area contributed by atoms with Crippen molar-refractivity contribution >= 4 is 0 Å². The van der Waals surface area contributed by atoms with Crippen LogP contribution in [-0.2, 0) is 4.74 Å². The lowest BCUT2D eigenvalue weighted by atomic mass is 10.0. The van der Waals surface area contributed by atoms with Crippen molar-refractivity contribution in [3.63, 3.8) is 0 Å². The summed E-state index contributed by atoms with van der Waals surface area (Å²) >= 11 is 0. The molecule has 4 nitrogen and oxygen atoms in total. The zero-order valence-electron chi connectivity index (χ0n) is 12.2. The highest BCUT2D eigenvalue weighted by atomic mass is 16.5. The van der Waals surface area contributed by atoms with Crippen LogP contribution in [0.25, 0.3) is 0 Å². The molecular formula is C14H30N2O2. The first kappa shape index (κ1) is 15.9. The van der Waals surface area contributed by atoms with Gasteiger partial charge in [0.15, 0.2) is 0 Å². The van der Waals surface area contributed by atoms with Gasteiger partial charge in [0.1, 0.15) is 0 Å². The van der Waals surface area contributed by atoms with E-state index in [1.807, 2.05) is 13.8 Å². The summed E-state index contributed by atoms with van der Waals surface area (Å²) in [6, 6.07) is 0.625. The average Bonchev–Trinajstić information content (AvgIpc) is 2.37. The Balaban J connectivity index is 2.35. The van der Waals surface area contributed by atoms with E-state index in [1.54, 1.807) is 0 Å². The van der Waals surface area contributed by atoms with Crippen LogP contribution in [0.5, 0.6) is 0 Å². The van der Waals surface area contributed by atoms with E-state index < -0.39 is 0 Å². The third-order valence-electron chi connectivity index (χ3n) is 3.40. The van der Waals surface area contributed by atoms with E-state index in [1.165, 1.54) is 12.8 Å². The SMILES string of the molecule is CCCN(CC(O)COC(C)C)C1CCNCC1. The molecule has 108 valence electrons. The van der Waals surface area contributed by atoms with E-state index in [2.05, 4.69) is 17.1 Å². The second-order valence-electron chi connectivity index (χ2n) is 5.51. The molecule has 4 heteroatoms. The number of aliphatic hydroxyl groups excluding tert-OH is 1. The van der Waals surface area contributed by atoms with Crippen LogP contribution in [0.3, 0.4) is 0 Å². The molecule has 1 aliphatic heterocycles. The minimum Gasteiger partial charge on any atom is -0.389 e. The third-order valence-corrected chi connectivity index (χ3v) is 3.40. The molecule has 1 heterocycles. The molecule has 1 saturated heterocycles. The van der Waals surface area contributed by atoms with Gasteiger partial charge in [0, 0.05) is 12.6 Å². The largest absolute Gasteiger partial charge is 0.389 e. The standard InChI is InChI=1S/C14H30N2O2/c1-4-9-16(13-5-7-15-8-6-13)10-14(17)11-18-12(2)3/h12-15,17H,4-11H2,1-3H3. The molecule has 18 heavy (non-hydrogen) atoms. The summed E-state index contributed by atoms with van der Waals surface area (Å²) < 4.78 is 5.48. The normalized spacial score (nSPS) is 19.7. The molecule has 0 aromatic rings. The number of nitrogens with zero attached hydrogens (tertiary/aromatic N) is 1. The Labute approximate surface area is 112 Å². The van der Waals surface area contributed by atoms with Crippen molar-refractivity contribution < 1.29 is 9.84 Å². The lowest BCUT2D eigenvalue weighted by Gasteiger charge is -2.35. The fourth-order valence-electron chi connectivity index (χ4n) is 2.51. The molecule has 0 aromatic carbocycles. The Kier molecular flexibility index (Phi) is 7.82. The van der Waals surface area contributed by atoms with Crippen molar-refractivity contribution in [1.82, 2.24) is 10.2 Å². The predicted molar refractivity (Wildman–Crippen MR) is 74.9 cm³/mol. The van der Waals surface area contributed by atoms with Gasteiger partial charge in [0.2, 0.25) is 0 Å². The molecule has 0 amide bonds. The first-order valence-electron chi connectivity index (χ1n) is 7.38. The molecule has 0 radical (unpaired) electrons. The molecule has 0 bridgehead atoms. The Hall–Kier alpha value is -0.160. The van der Waals surface area contributed by atoms with E-state index in [9.17, 15) is 5.11 Å². The minimum absolute atomic E-state index is 0.193. The first-order valence-corrected chi connectivity index (χ1v) is 7.38. The monoisotopic (exact) mass is 258 g/mol. The van der Waals surface area contributed by atoms with Gasteiger partial charge in [-0.25, -0.2) is 0 Å². The summed E-state index contributed by atoms with van der Waals surface area (Å²) in [6.45, 7) is 10.7. The summed E-state index contributed by atoms with van der Waals surface area (Å²) in [7, 11) is 0. The second kappa shape index (κ2) is 8.86. The van der Waals surface area contributed by atoms with Crippen molar-refractivity contribution in [2.75, 3.05) is 32.8 Å². The highest BCUT2D eigenvalue weighted by Crippen LogP contribution is 2.13. The quantitative estimate of drug-likeness (QED) is 0.687. The van der Waals surface area contributed by atoms with Gasteiger partial charge in [0.25, 0.3) is 0 Å². The smallest absolute Gasteiger partial charge is 0.0900 e. The van der Waals surface area contributed by atoms with E-state index >= 15 is 0 Å². The van der Waals surface area contributed by atoms with Crippen LogP contribution in [-0.4, -0.2) is 61.0 Å². The van der Waals surface area contributed by atoms with E-state index in [0.717, 1.165) is 32.6 Å². The van der Waals surface area contributed by atoms with Crippen LogP contribution in [0.1, 0.15) is 40.0 Å².